The predicted molar refractivity (Wildman–Crippen MR) is 219 cm³/mol. The zero-order chi connectivity index (χ0) is 41.3. The Hall–Kier alpha value is -6.81. The molecule has 3 aliphatic heterocycles. The molecular weight excluding hydrogens is 769 g/mol. The van der Waals surface area contributed by atoms with Gasteiger partial charge < -0.3 is 19.3 Å². The van der Waals surface area contributed by atoms with E-state index >= 15 is 4.79 Å². The molecule has 6 heterocycles. The van der Waals surface area contributed by atoms with Crippen molar-refractivity contribution in [3.05, 3.63) is 134 Å². The number of carbonyl (C=O) groups is 3. The molecule has 1 saturated carbocycles. The molecule has 4 aliphatic rings. The molecule has 2 atom stereocenters. The number of para-hydroxylation sites is 2. The fourth-order valence-corrected chi connectivity index (χ4v) is 9.50. The van der Waals surface area contributed by atoms with Crippen LogP contribution in [-0.4, -0.2) is 85.0 Å². The zero-order valence-electron chi connectivity index (χ0n) is 32.9. The molecule has 6 aromatic rings. The van der Waals surface area contributed by atoms with E-state index in [4.69, 9.17) is 14.2 Å². The summed E-state index contributed by atoms with van der Waals surface area (Å²) in [4.78, 5) is 80.8. The van der Waals surface area contributed by atoms with Crippen LogP contribution >= 0.6 is 0 Å². The maximum absolute atomic E-state index is 15.1. The smallest absolute Gasteiger partial charge is 0.438 e. The van der Waals surface area contributed by atoms with Gasteiger partial charge in [0.25, 0.3) is 11.5 Å². The fraction of sp³-hybridized carbons (Fsp3) is 0.341. The molecule has 1 aliphatic carbocycles. The number of hydrogen-bond donors (Lipinski definition) is 2. The number of nitrogens with one attached hydrogen (secondary N) is 1. The van der Waals surface area contributed by atoms with Gasteiger partial charge in [0.15, 0.2) is 5.82 Å². The van der Waals surface area contributed by atoms with Crippen LogP contribution in [0.5, 0.6) is 0 Å². The fourth-order valence-electron chi connectivity index (χ4n) is 9.50. The minimum Gasteiger partial charge on any atom is -0.481 e. The van der Waals surface area contributed by atoms with Gasteiger partial charge >= 0.3 is 17.8 Å². The molecule has 16 nitrogen and oxygen atoms in total. The van der Waals surface area contributed by atoms with E-state index in [9.17, 15) is 24.3 Å². The number of nitrogens with zero attached hydrogens (tertiary/aromatic N) is 7. The standard InChI is InChI=1S/C44H42N8O8/c1-26-24-44(26,40-46-42(57)60-47-40)52-35-12-11-28(27-14-19-59-20-15-27)21-30(35)22-36(52)39(56)48-16-13-32-33(25-48)45-41(50-18-17-49(43(50)58)31-8-3-2-4-9-31)51(38(32)55)34-10-6-5-7-29(34)23-37(53)54/h2-12,21-22,26-27H,13-20,23-25H2,1H3,(H,53,54)(H,46,47,57)/t26-,44-/m0/s1. The van der Waals surface area contributed by atoms with Crippen molar-refractivity contribution in [1.29, 1.82) is 0 Å². The number of amides is 3. The van der Waals surface area contributed by atoms with Gasteiger partial charge in [-0.1, -0.05) is 54.5 Å². The molecule has 3 fully saturated rings. The van der Waals surface area contributed by atoms with E-state index < -0.39 is 22.8 Å². The van der Waals surface area contributed by atoms with Gasteiger partial charge in [-0.05, 0) is 85.0 Å². The zero-order valence-corrected chi connectivity index (χ0v) is 32.9. The highest BCUT2D eigenvalue weighted by Gasteiger charge is 2.59. The number of H-pyrrole nitrogens is 1. The van der Waals surface area contributed by atoms with Crippen LogP contribution in [0.2, 0.25) is 0 Å². The van der Waals surface area contributed by atoms with E-state index in [2.05, 4.69) is 22.3 Å². The molecule has 3 amide bonds. The molecule has 0 unspecified atom stereocenters. The first-order valence-corrected chi connectivity index (χ1v) is 20.3. The Morgan fingerprint density at radius 3 is 2.42 bits per heavy atom. The van der Waals surface area contributed by atoms with Crippen molar-refractivity contribution in [2.45, 2.75) is 57.0 Å². The van der Waals surface area contributed by atoms with Crippen molar-refractivity contribution in [3.8, 4) is 5.69 Å². The summed E-state index contributed by atoms with van der Waals surface area (Å²) < 4.78 is 14.0. The second-order valence-corrected chi connectivity index (χ2v) is 16.1. The molecular formula is C44H42N8O8. The van der Waals surface area contributed by atoms with Gasteiger partial charge in [-0.2, -0.15) is 0 Å². The second kappa shape index (κ2) is 14.5. The summed E-state index contributed by atoms with van der Waals surface area (Å²) in [6, 6.07) is 23.7. The first kappa shape index (κ1) is 37.5. The van der Waals surface area contributed by atoms with Gasteiger partial charge in [0.2, 0.25) is 5.95 Å². The Labute approximate surface area is 342 Å². The van der Waals surface area contributed by atoms with Crippen LogP contribution in [0.1, 0.15) is 70.8 Å². The Balaban J connectivity index is 1.07. The minimum atomic E-state index is -1.07. The van der Waals surface area contributed by atoms with E-state index in [0.717, 1.165) is 23.7 Å². The molecule has 10 rings (SSSR count). The molecule has 16 heteroatoms. The number of carbonyl (C=O) groups excluding carboxylic acids is 2. The van der Waals surface area contributed by atoms with Crippen LogP contribution < -0.4 is 21.1 Å². The first-order chi connectivity index (χ1) is 29.1. The summed E-state index contributed by atoms with van der Waals surface area (Å²) >= 11 is 0. The van der Waals surface area contributed by atoms with Gasteiger partial charge in [-0.15, -0.1) is 0 Å². The number of aromatic nitrogens is 5. The Bertz CT molecular complexity index is 2820. The lowest BCUT2D eigenvalue weighted by atomic mass is 9.91. The largest absolute Gasteiger partial charge is 0.481 e. The summed E-state index contributed by atoms with van der Waals surface area (Å²) in [5.74, 6) is -1.31. The third-order valence-electron chi connectivity index (χ3n) is 12.7. The average Bonchev–Trinajstić information content (AvgIpc) is 3.58. The van der Waals surface area contributed by atoms with E-state index in [-0.39, 0.29) is 56.3 Å². The van der Waals surface area contributed by atoms with Crippen molar-refractivity contribution in [2.75, 3.05) is 42.6 Å². The highest BCUT2D eigenvalue weighted by molar-refractivity contribution is 6.05. The lowest BCUT2D eigenvalue weighted by Gasteiger charge is -2.31. The SMILES string of the molecule is C[C@H]1C[C@]1(c1noc(=O)[nH]1)n1c(C(=O)N2CCc3c(nc(N4CCN(c5ccccc5)C4=O)n(-c4ccccc4CC(=O)O)c3=O)C2)cc2cc(C3CCOCC3)ccc21. The predicted octanol–water partition coefficient (Wildman–Crippen LogP) is 4.81. The molecule has 0 bridgehead atoms. The highest BCUT2D eigenvalue weighted by Crippen LogP contribution is 2.56. The number of fused-ring (bicyclic) bond motifs is 2. The Morgan fingerprint density at radius 1 is 0.933 bits per heavy atom. The normalized spacial score (nSPS) is 20.5. The first-order valence-electron chi connectivity index (χ1n) is 20.3. The number of aliphatic carboxylic acids is 1. The highest BCUT2D eigenvalue weighted by atomic mass is 16.5. The number of carboxylic acid groups (broad SMARTS) is 1. The molecule has 306 valence electrons. The summed E-state index contributed by atoms with van der Waals surface area (Å²) in [6.07, 6.45) is 2.24. The summed E-state index contributed by atoms with van der Waals surface area (Å²) in [5, 5.41) is 14.8. The number of urea groups is 1. The molecule has 2 N–H and O–H groups in total. The summed E-state index contributed by atoms with van der Waals surface area (Å²) in [5.41, 5.74) is 3.25. The molecule has 2 saturated heterocycles. The van der Waals surface area contributed by atoms with Crippen LogP contribution in [0.4, 0.5) is 16.4 Å². The van der Waals surface area contributed by atoms with Crippen molar-refractivity contribution in [3.63, 3.8) is 0 Å². The van der Waals surface area contributed by atoms with Crippen LogP contribution in [0.15, 0.2) is 93.0 Å². The van der Waals surface area contributed by atoms with Gasteiger partial charge in [0.05, 0.1) is 24.3 Å². The number of hydrogen-bond acceptors (Lipinski definition) is 9. The number of benzene rings is 3. The molecule has 60 heavy (non-hydrogen) atoms. The number of carboxylic acids is 1. The lowest BCUT2D eigenvalue weighted by molar-refractivity contribution is -0.136. The lowest BCUT2D eigenvalue weighted by Crippen LogP contribution is -2.43. The van der Waals surface area contributed by atoms with Gasteiger partial charge in [-0.3, -0.25) is 33.7 Å². The van der Waals surface area contributed by atoms with Gasteiger partial charge in [-0.25, -0.2) is 19.1 Å². The van der Waals surface area contributed by atoms with Crippen LogP contribution in [0.25, 0.3) is 16.6 Å². The van der Waals surface area contributed by atoms with Crippen molar-refractivity contribution in [1.82, 2.24) is 29.2 Å². The van der Waals surface area contributed by atoms with Crippen molar-refractivity contribution in [2.24, 2.45) is 5.92 Å². The van der Waals surface area contributed by atoms with Crippen molar-refractivity contribution >= 4 is 40.4 Å². The number of ether oxygens (including phenoxy) is 1. The number of rotatable bonds is 9. The van der Waals surface area contributed by atoms with Crippen LogP contribution in [0.3, 0.4) is 0 Å². The number of aromatic amines is 1. The number of anilines is 2. The molecule has 0 radical (unpaired) electrons. The Kier molecular flexibility index (Phi) is 9.04. The van der Waals surface area contributed by atoms with E-state index in [1.54, 1.807) is 34.1 Å². The monoisotopic (exact) mass is 810 g/mol. The summed E-state index contributed by atoms with van der Waals surface area (Å²) in [6.45, 7) is 4.15. The maximum atomic E-state index is 15.1. The second-order valence-electron chi connectivity index (χ2n) is 16.1. The van der Waals surface area contributed by atoms with Crippen LogP contribution in [0, 0.1) is 5.92 Å². The van der Waals surface area contributed by atoms with Crippen molar-refractivity contribution < 1.29 is 28.8 Å². The topological polar surface area (TPSA) is 189 Å². The molecule has 3 aromatic carbocycles. The molecule has 0 spiro atoms. The van der Waals surface area contributed by atoms with E-state index in [0.29, 0.717) is 71.8 Å². The average molecular weight is 811 g/mol. The van der Waals surface area contributed by atoms with E-state index in [1.165, 1.54) is 15.0 Å². The van der Waals surface area contributed by atoms with Gasteiger partial charge in [0, 0.05) is 55.0 Å². The summed E-state index contributed by atoms with van der Waals surface area (Å²) in [7, 11) is 0. The van der Waals surface area contributed by atoms with Gasteiger partial charge in [0.1, 0.15) is 11.2 Å². The third kappa shape index (κ3) is 6.12. The quantitative estimate of drug-likeness (QED) is 0.205. The maximum Gasteiger partial charge on any atom is 0.438 e. The Morgan fingerprint density at radius 2 is 1.68 bits per heavy atom. The van der Waals surface area contributed by atoms with Crippen LogP contribution in [-0.2, 0) is 34.5 Å². The molecule has 3 aromatic heterocycles. The third-order valence-corrected chi connectivity index (χ3v) is 12.7. The minimum absolute atomic E-state index is 0.0119. The van der Waals surface area contributed by atoms with E-state index in [1.807, 2.05) is 54.0 Å².